The molecule has 114 valence electrons. The predicted molar refractivity (Wildman–Crippen MR) is 89.3 cm³/mol. The Morgan fingerprint density at radius 2 is 2.05 bits per heavy atom. The van der Waals surface area contributed by atoms with E-state index in [-0.39, 0.29) is 4.21 Å². The molecule has 22 heavy (non-hydrogen) atoms. The molecular weight excluding hydrogens is 340 g/mol. The van der Waals surface area contributed by atoms with Crippen molar-refractivity contribution in [2.24, 2.45) is 0 Å². The van der Waals surface area contributed by atoms with Gasteiger partial charge in [0.1, 0.15) is 4.21 Å². The van der Waals surface area contributed by atoms with Gasteiger partial charge in [-0.3, -0.25) is 0 Å². The van der Waals surface area contributed by atoms with E-state index in [1.807, 2.05) is 18.2 Å². The summed E-state index contributed by atoms with van der Waals surface area (Å²) in [6.45, 7) is 1.61. The number of hydrogen-bond acceptors (Lipinski definition) is 4. The van der Waals surface area contributed by atoms with Crippen molar-refractivity contribution < 1.29 is 8.42 Å². The second-order valence-corrected chi connectivity index (χ2v) is 9.01. The van der Waals surface area contributed by atoms with Gasteiger partial charge in [0.15, 0.2) is 0 Å². The largest absolute Gasteiger partial charge is 0.312 e. The summed E-state index contributed by atoms with van der Waals surface area (Å²) in [4.78, 5) is 0. The summed E-state index contributed by atoms with van der Waals surface area (Å²) < 4.78 is 28.0. The van der Waals surface area contributed by atoms with E-state index in [2.05, 4.69) is 5.32 Å². The Labute approximate surface area is 137 Å². The number of nitrogens with zero attached hydrogens (tertiary/aromatic N) is 1. The van der Waals surface area contributed by atoms with Crippen LogP contribution in [0.15, 0.2) is 40.7 Å². The Kier molecular flexibility index (Phi) is 3.30. The van der Waals surface area contributed by atoms with Gasteiger partial charge in [-0.25, -0.2) is 3.97 Å². The molecule has 0 radical (unpaired) electrons. The summed E-state index contributed by atoms with van der Waals surface area (Å²) in [5.74, 6) is 0. The standard InChI is InChI=1S/C15H13ClN2O2S2/c16-13-4-5-14(21-13)22(19,20)18-9-11-6-7-17-8-10-2-1-3-12(18)15(10)11/h1-5,9,17H,6-8H2. The Bertz CT molecular complexity index is 973. The fourth-order valence-corrected chi connectivity index (χ4v) is 5.89. The highest BCUT2D eigenvalue weighted by molar-refractivity contribution is 7.92. The molecule has 7 heteroatoms. The quantitative estimate of drug-likeness (QED) is 0.770. The first-order valence-electron chi connectivity index (χ1n) is 6.91. The fourth-order valence-electron chi connectivity index (χ4n) is 2.93. The molecule has 0 atom stereocenters. The van der Waals surface area contributed by atoms with Crippen LogP contribution in [-0.4, -0.2) is 18.9 Å². The maximum Gasteiger partial charge on any atom is 0.277 e. The first-order chi connectivity index (χ1) is 10.6. The molecular formula is C15H13ClN2O2S2. The lowest BCUT2D eigenvalue weighted by molar-refractivity contribution is 0.591. The van der Waals surface area contributed by atoms with Gasteiger partial charge in [-0.15, -0.1) is 11.3 Å². The average molecular weight is 353 g/mol. The first-order valence-corrected chi connectivity index (χ1v) is 9.54. The lowest BCUT2D eigenvalue weighted by Crippen LogP contribution is -2.15. The minimum absolute atomic E-state index is 0.265. The Hall–Kier alpha value is -1.34. The summed E-state index contributed by atoms with van der Waals surface area (Å²) in [7, 11) is -3.60. The second-order valence-electron chi connectivity index (χ2n) is 5.25. The summed E-state index contributed by atoms with van der Waals surface area (Å²) in [6.07, 6.45) is 2.57. The molecule has 1 N–H and O–H groups in total. The molecule has 0 saturated heterocycles. The van der Waals surface area contributed by atoms with E-state index >= 15 is 0 Å². The van der Waals surface area contributed by atoms with Crippen molar-refractivity contribution in [3.05, 3.63) is 52.0 Å². The summed E-state index contributed by atoms with van der Waals surface area (Å²) in [5.41, 5.74) is 2.95. The van der Waals surface area contributed by atoms with E-state index in [1.54, 1.807) is 18.3 Å². The van der Waals surface area contributed by atoms with Gasteiger partial charge >= 0.3 is 0 Å². The van der Waals surface area contributed by atoms with Crippen LogP contribution in [0.25, 0.3) is 10.9 Å². The third kappa shape index (κ3) is 2.10. The van der Waals surface area contributed by atoms with Crippen molar-refractivity contribution in [1.29, 1.82) is 0 Å². The van der Waals surface area contributed by atoms with E-state index in [0.29, 0.717) is 4.34 Å². The maximum atomic E-state index is 12.9. The highest BCUT2D eigenvalue weighted by Gasteiger charge is 2.24. The number of nitrogens with one attached hydrogen (secondary N) is 1. The number of benzene rings is 1. The first kappa shape index (κ1) is 14.3. The molecule has 0 unspecified atom stereocenters. The summed E-state index contributed by atoms with van der Waals surface area (Å²) in [5, 5.41) is 4.41. The average Bonchev–Trinajstić information content (AvgIpc) is 3.02. The topological polar surface area (TPSA) is 51.1 Å². The number of thiophene rings is 1. The van der Waals surface area contributed by atoms with Gasteiger partial charge < -0.3 is 5.32 Å². The van der Waals surface area contributed by atoms with E-state index in [9.17, 15) is 8.42 Å². The number of aromatic nitrogens is 1. The molecule has 0 spiro atoms. The molecule has 1 aliphatic heterocycles. The van der Waals surface area contributed by atoms with Crippen LogP contribution in [0.2, 0.25) is 4.34 Å². The van der Waals surface area contributed by atoms with Crippen LogP contribution in [0.5, 0.6) is 0 Å². The molecule has 0 bridgehead atoms. The van der Waals surface area contributed by atoms with Crippen LogP contribution in [-0.2, 0) is 23.0 Å². The number of halogens is 1. The van der Waals surface area contributed by atoms with Gasteiger partial charge in [-0.05, 0) is 42.3 Å². The highest BCUT2D eigenvalue weighted by atomic mass is 35.5. The second kappa shape index (κ2) is 5.09. The molecule has 4 nitrogen and oxygen atoms in total. The Morgan fingerprint density at radius 1 is 1.18 bits per heavy atom. The van der Waals surface area contributed by atoms with Crippen LogP contribution >= 0.6 is 22.9 Å². The van der Waals surface area contributed by atoms with Crippen LogP contribution < -0.4 is 5.32 Å². The third-order valence-corrected chi connectivity index (χ3v) is 7.28. The summed E-state index contributed by atoms with van der Waals surface area (Å²) in [6, 6.07) is 8.99. The van der Waals surface area contributed by atoms with Crippen LogP contribution in [0, 0.1) is 0 Å². The maximum absolute atomic E-state index is 12.9. The van der Waals surface area contributed by atoms with E-state index in [4.69, 9.17) is 11.6 Å². The van der Waals surface area contributed by atoms with E-state index in [0.717, 1.165) is 52.9 Å². The van der Waals surface area contributed by atoms with E-state index < -0.39 is 10.0 Å². The fraction of sp³-hybridized carbons (Fsp3) is 0.200. The van der Waals surface area contributed by atoms with Crippen molar-refractivity contribution >= 4 is 43.9 Å². The minimum atomic E-state index is -3.60. The van der Waals surface area contributed by atoms with Gasteiger partial charge in [0.05, 0.1) is 9.85 Å². The van der Waals surface area contributed by atoms with Crippen LogP contribution in [0.3, 0.4) is 0 Å². The lowest BCUT2D eigenvalue weighted by atomic mass is 10.1. The smallest absolute Gasteiger partial charge is 0.277 e. The zero-order valence-electron chi connectivity index (χ0n) is 11.5. The van der Waals surface area contributed by atoms with Gasteiger partial charge in [0.2, 0.25) is 0 Å². The molecule has 1 aromatic carbocycles. The van der Waals surface area contributed by atoms with Crippen LogP contribution in [0.1, 0.15) is 11.1 Å². The van der Waals surface area contributed by atoms with E-state index in [1.165, 1.54) is 3.97 Å². The Morgan fingerprint density at radius 3 is 2.82 bits per heavy atom. The van der Waals surface area contributed by atoms with Crippen molar-refractivity contribution in [3.63, 3.8) is 0 Å². The monoisotopic (exact) mass is 352 g/mol. The molecule has 0 aliphatic carbocycles. The van der Waals surface area contributed by atoms with Gasteiger partial charge in [0.25, 0.3) is 10.0 Å². The van der Waals surface area contributed by atoms with Crippen molar-refractivity contribution in [2.75, 3.05) is 6.54 Å². The molecule has 1 aliphatic rings. The lowest BCUT2D eigenvalue weighted by Gasteiger charge is -2.07. The molecule has 0 saturated carbocycles. The van der Waals surface area contributed by atoms with Gasteiger partial charge in [-0.1, -0.05) is 23.7 Å². The highest BCUT2D eigenvalue weighted by Crippen LogP contribution is 2.33. The molecule has 3 aromatic rings. The molecule has 2 aromatic heterocycles. The van der Waals surface area contributed by atoms with Gasteiger partial charge in [0, 0.05) is 18.1 Å². The Balaban J connectivity index is 2.01. The number of hydrogen-bond donors (Lipinski definition) is 1. The molecule has 3 heterocycles. The van der Waals surface area contributed by atoms with Gasteiger partial charge in [-0.2, -0.15) is 8.42 Å². The third-order valence-electron chi connectivity index (χ3n) is 3.91. The SMILES string of the molecule is O=S(=O)(c1ccc(Cl)s1)n1cc2c3c(cccc31)CNCC2. The van der Waals surface area contributed by atoms with Crippen molar-refractivity contribution in [3.8, 4) is 0 Å². The predicted octanol–water partition coefficient (Wildman–Crippen LogP) is 3.24. The molecule has 0 fully saturated rings. The summed E-state index contributed by atoms with van der Waals surface area (Å²) >= 11 is 6.98. The normalized spacial score (nSPS) is 15.1. The van der Waals surface area contributed by atoms with Crippen molar-refractivity contribution in [2.45, 2.75) is 17.2 Å². The molecule has 4 rings (SSSR count). The zero-order chi connectivity index (χ0) is 15.3. The molecule has 0 amide bonds. The van der Waals surface area contributed by atoms with Crippen molar-refractivity contribution in [1.82, 2.24) is 9.29 Å². The number of rotatable bonds is 2. The zero-order valence-corrected chi connectivity index (χ0v) is 13.9. The van der Waals surface area contributed by atoms with Crippen LogP contribution in [0.4, 0.5) is 0 Å². The minimum Gasteiger partial charge on any atom is -0.312 e.